The van der Waals surface area contributed by atoms with Crippen molar-refractivity contribution in [2.75, 3.05) is 13.8 Å². The van der Waals surface area contributed by atoms with Crippen molar-refractivity contribution in [1.29, 1.82) is 0 Å². The van der Waals surface area contributed by atoms with E-state index in [1.165, 1.54) is 0 Å². The summed E-state index contributed by atoms with van der Waals surface area (Å²) in [5.41, 5.74) is 4.14. The molecule has 0 aliphatic carbocycles. The molecular formula is C26H21BrClNO4. The Balaban J connectivity index is 1.45. The highest BCUT2D eigenvalue weighted by Crippen LogP contribution is 2.43. The Morgan fingerprint density at radius 3 is 2.79 bits per heavy atom. The van der Waals surface area contributed by atoms with Crippen molar-refractivity contribution >= 4 is 39.4 Å². The van der Waals surface area contributed by atoms with Gasteiger partial charge in [0.1, 0.15) is 24.0 Å². The normalized spacial score (nSPS) is 16.2. The van der Waals surface area contributed by atoms with E-state index < -0.39 is 0 Å². The average Bonchev–Trinajstić information content (AvgIpc) is 3.11. The molecule has 0 spiro atoms. The number of carbonyl (C=O) groups excluding carboxylic acids is 1. The third-order valence-electron chi connectivity index (χ3n) is 5.83. The molecule has 168 valence electrons. The van der Waals surface area contributed by atoms with Gasteiger partial charge in [-0.05, 0) is 48.9 Å². The van der Waals surface area contributed by atoms with Crippen molar-refractivity contribution in [3.8, 4) is 17.2 Å². The summed E-state index contributed by atoms with van der Waals surface area (Å²) >= 11 is 9.80. The molecule has 2 aliphatic rings. The van der Waals surface area contributed by atoms with E-state index in [1.54, 1.807) is 13.2 Å². The zero-order chi connectivity index (χ0) is 23.1. The number of ether oxygens (including phenoxy) is 3. The Morgan fingerprint density at radius 2 is 2.00 bits per heavy atom. The number of hydrogen-bond acceptors (Lipinski definition) is 5. The fourth-order valence-electron chi connectivity index (χ4n) is 4.22. The Kier molecular flexibility index (Phi) is 5.91. The van der Waals surface area contributed by atoms with Gasteiger partial charge in [-0.25, -0.2) is 0 Å². The van der Waals surface area contributed by atoms with Gasteiger partial charge in [-0.3, -0.25) is 9.69 Å². The third kappa shape index (κ3) is 4.14. The molecule has 2 heterocycles. The summed E-state index contributed by atoms with van der Waals surface area (Å²) in [6.07, 6.45) is 1.72. The molecule has 0 unspecified atom stereocenters. The van der Waals surface area contributed by atoms with E-state index >= 15 is 0 Å². The lowest BCUT2D eigenvalue weighted by Crippen LogP contribution is -2.32. The molecule has 7 heteroatoms. The number of fused-ring (bicyclic) bond motifs is 2. The number of halogens is 2. The minimum absolute atomic E-state index is 0.152. The van der Waals surface area contributed by atoms with E-state index in [0.717, 1.165) is 37.5 Å². The third-order valence-corrected chi connectivity index (χ3v) is 6.69. The number of benzene rings is 3. The number of allylic oxidation sites excluding steroid dienone is 1. The van der Waals surface area contributed by atoms with Crippen LogP contribution in [-0.2, 0) is 13.1 Å². The van der Waals surface area contributed by atoms with E-state index in [9.17, 15) is 4.79 Å². The number of Topliss-reactive ketones (excluding diaryl/α,β-unsaturated/α-hetero) is 1. The van der Waals surface area contributed by atoms with Gasteiger partial charge in [-0.1, -0.05) is 45.7 Å². The Morgan fingerprint density at radius 1 is 1.18 bits per heavy atom. The number of ketones is 1. The first kappa shape index (κ1) is 22.0. The second kappa shape index (κ2) is 8.86. The van der Waals surface area contributed by atoms with E-state index in [4.69, 9.17) is 25.8 Å². The molecule has 0 saturated heterocycles. The molecular weight excluding hydrogens is 506 g/mol. The molecule has 0 atom stereocenters. The molecule has 0 saturated carbocycles. The molecule has 0 fully saturated rings. The molecule has 0 amide bonds. The van der Waals surface area contributed by atoms with E-state index in [-0.39, 0.29) is 11.5 Å². The zero-order valence-corrected chi connectivity index (χ0v) is 20.5. The Labute approximate surface area is 205 Å². The van der Waals surface area contributed by atoms with Crippen molar-refractivity contribution in [2.24, 2.45) is 0 Å². The van der Waals surface area contributed by atoms with Crippen molar-refractivity contribution in [3.63, 3.8) is 0 Å². The van der Waals surface area contributed by atoms with Gasteiger partial charge in [0.25, 0.3) is 0 Å². The van der Waals surface area contributed by atoms with Crippen LogP contribution in [0.5, 0.6) is 17.2 Å². The number of hydrogen-bond donors (Lipinski definition) is 0. The van der Waals surface area contributed by atoms with Crippen LogP contribution < -0.4 is 14.2 Å². The maximum Gasteiger partial charge on any atom is 0.231 e. The van der Waals surface area contributed by atoms with Gasteiger partial charge in [0.05, 0.1) is 12.7 Å². The number of carbonyl (C=O) groups is 1. The summed E-state index contributed by atoms with van der Waals surface area (Å²) in [6, 6.07) is 15.3. The summed E-state index contributed by atoms with van der Waals surface area (Å²) in [5.74, 6) is 2.10. The molecule has 0 aromatic heterocycles. The number of rotatable bonds is 4. The lowest BCUT2D eigenvalue weighted by Gasteiger charge is -2.30. The molecule has 3 aromatic rings. The zero-order valence-electron chi connectivity index (χ0n) is 18.2. The first-order valence-electron chi connectivity index (χ1n) is 10.5. The molecule has 0 bridgehead atoms. The summed E-state index contributed by atoms with van der Waals surface area (Å²) < 4.78 is 18.4. The molecule has 5 nitrogen and oxygen atoms in total. The molecule has 33 heavy (non-hydrogen) atoms. The Bertz CT molecular complexity index is 1300. The van der Waals surface area contributed by atoms with Gasteiger partial charge in [0, 0.05) is 39.3 Å². The number of nitrogens with zero attached hydrogens (tertiary/aromatic N) is 1. The van der Waals surface area contributed by atoms with Crippen LogP contribution in [0.25, 0.3) is 6.08 Å². The van der Waals surface area contributed by atoms with Crippen molar-refractivity contribution in [3.05, 3.63) is 91.6 Å². The predicted molar refractivity (Wildman–Crippen MR) is 131 cm³/mol. The average molecular weight is 527 g/mol. The molecule has 3 aromatic carbocycles. The van der Waals surface area contributed by atoms with Crippen LogP contribution in [0.4, 0.5) is 0 Å². The molecule has 0 radical (unpaired) electrons. The quantitative estimate of drug-likeness (QED) is 0.369. The van der Waals surface area contributed by atoms with Crippen LogP contribution in [-0.4, -0.2) is 24.5 Å². The molecule has 2 aliphatic heterocycles. The van der Waals surface area contributed by atoms with Gasteiger partial charge in [0.2, 0.25) is 5.78 Å². The minimum atomic E-state index is -0.152. The highest BCUT2D eigenvalue weighted by Gasteiger charge is 2.34. The lowest BCUT2D eigenvalue weighted by molar-refractivity contribution is 0.0877. The topological polar surface area (TPSA) is 48.0 Å². The summed E-state index contributed by atoms with van der Waals surface area (Å²) in [4.78, 5) is 15.4. The monoisotopic (exact) mass is 525 g/mol. The fraction of sp³-hybridized carbons (Fsp3) is 0.192. The highest BCUT2D eigenvalue weighted by atomic mass is 79.9. The standard InChI is InChI=1S/C26H21BrClNO4/c1-15-25-18(13-29(14-32-25)12-16-5-3-4-6-21(16)28)10-20-24(30)23(33-26(15)20)11-17-9-19(27)7-8-22(17)31-2/h3-11H,12-14H2,1-2H3/b23-11-. The van der Waals surface area contributed by atoms with Crippen LogP contribution in [0, 0.1) is 6.92 Å². The van der Waals surface area contributed by atoms with Crippen LogP contribution in [0.2, 0.25) is 5.02 Å². The van der Waals surface area contributed by atoms with E-state index in [1.807, 2.05) is 55.5 Å². The van der Waals surface area contributed by atoms with Gasteiger partial charge in [0.15, 0.2) is 5.76 Å². The van der Waals surface area contributed by atoms with E-state index in [2.05, 4.69) is 20.8 Å². The second-order valence-corrected chi connectivity index (χ2v) is 9.37. The summed E-state index contributed by atoms with van der Waals surface area (Å²) in [5, 5.41) is 0.731. The van der Waals surface area contributed by atoms with Gasteiger partial charge in [-0.15, -0.1) is 0 Å². The summed E-state index contributed by atoms with van der Waals surface area (Å²) in [7, 11) is 1.60. The SMILES string of the molecule is COc1ccc(Br)cc1/C=C1\Oc2c(cc3c(c2C)OCN(Cc2ccccc2Cl)C3)C1=O. The first-order valence-corrected chi connectivity index (χ1v) is 11.6. The maximum absolute atomic E-state index is 13.2. The molecule has 0 N–H and O–H groups in total. The van der Waals surface area contributed by atoms with E-state index in [0.29, 0.717) is 36.9 Å². The largest absolute Gasteiger partial charge is 0.496 e. The van der Waals surface area contributed by atoms with Crippen molar-refractivity contribution in [1.82, 2.24) is 4.90 Å². The van der Waals surface area contributed by atoms with Crippen molar-refractivity contribution < 1.29 is 19.0 Å². The van der Waals surface area contributed by atoms with Crippen LogP contribution in [0.3, 0.4) is 0 Å². The van der Waals surface area contributed by atoms with Gasteiger partial charge < -0.3 is 14.2 Å². The first-order chi connectivity index (χ1) is 15.9. The highest BCUT2D eigenvalue weighted by molar-refractivity contribution is 9.10. The Hall–Kier alpha value is -2.80. The fourth-order valence-corrected chi connectivity index (χ4v) is 4.80. The van der Waals surface area contributed by atoms with Crippen LogP contribution in [0.1, 0.15) is 32.6 Å². The van der Waals surface area contributed by atoms with Crippen molar-refractivity contribution in [2.45, 2.75) is 20.0 Å². The minimum Gasteiger partial charge on any atom is -0.496 e. The van der Waals surface area contributed by atoms with Crippen LogP contribution in [0.15, 0.2) is 58.8 Å². The smallest absolute Gasteiger partial charge is 0.231 e. The molecule has 5 rings (SSSR count). The van der Waals surface area contributed by atoms with Gasteiger partial charge in [-0.2, -0.15) is 0 Å². The van der Waals surface area contributed by atoms with Crippen LogP contribution >= 0.6 is 27.5 Å². The maximum atomic E-state index is 13.2. The van der Waals surface area contributed by atoms with Gasteiger partial charge >= 0.3 is 0 Å². The predicted octanol–water partition coefficient (Wildman–Crippen LogP) is 6.39. The summed E-state index contributed by atoms with van der Waals surface area (Å²) in [6.45, 7) is 3.68. The number of methoxy groups -OCH3 is 1. The lowest BCUT2D eigenvalue weighted by atomic mass is 9.99. The second-order valence-electron chi connectivity index (χ2n) is 8.04.